The highest BCUT2D eigenvalue weighted by molar-refractivity contribution is 6.32. The minimum atomic E-state index is -0.653. The van der Waals surface area contributed by atoms with Crippen molar-refractivity contribution >= 4 is 23.2 Å². The third-order valence-corrected chi connectivity index (χ3v) is 5.67. The molecule has 0 aromatic heterocycles. The summed E-state index contributed by atoms with van der Waals surface area (Å²) in [5.74, 6) is 0.479. The third kappa shape index (κ3) is 3.52. The van der Waals surface area contributed by atoms with Gasteiger partial charge in [-0.2, -0.15) is 0 Å². The number of amides is 1. The Hall–Kier alpha value is -2.03. The lowest BCUT2D eigenvalue weighted by atomic mass is 10.0. The Morgan fingerprint density at radius 3 is 2.50 bits per heavy atom. The lowest BCUT2D eigenvalue weighted by Gasteiger charge is -2.38. The molecule has 4 rings (SSSR count). The Labute approximate surface area is 168 Å². The van der Waals surface area contributed by atoms with Crippen LogP contribution >= 0.6 is 11.6 Å². The number of hydrogen-bond donors (Lipinski definition) is 0. The van der Waals surface area contributed by atoms with Crippen molar-refractivity contribution in [2.24, 2.45) is 5.16 Å². The van der Waals surface area contributed by atoms with Crippen LogP contribution in [0.15, 0.2) is 17.3 Å². The Morgan fingerprint density at radius 1 is 1.18 bits per heavy atom. The van der Waals surface area contributed by atoms with Crippen molar-refractivity contribution in [1.82, 2.24) is 4.90 Å². The van der Waals surface area contributed by atoms with Crippen LogP contribution < -0.4 is 9.47 Å². The van der Waals surface area contributed by atoms with E-state index in [0.29, 0.717) is 73.4 Å². The van der Waals surface area contributed by atoms with E-state index in [9.17, 15) is 4.79 Å². The van der Waals surface area contributed by atoms with Crippen LogP contribution in [0.25, 0.3) is 0 Å². The second-order valence-electron chi connectivity index (χ2n) is 6.96. The summed E-state index contributed by atoms with van der Waals surface area (Å²) < 4.78 is 22.1. The smallest absolute Gasteiger partial charge is 0.266 e. The third-order valence-electron chi connectivity index (χ3n) is 5.38. The van der Waals surface area contributed by atoms with Gasteiger partial charge >= 0.3 is 0 Å². The molecule has 1 aromatic carbocycles. The molecule has 3 heterocycles. The van der Waals surface area contributed by atoms with E-state index in [1.54, 1.807) is 24.1 Å². The number of halogens is 1. The molecule has 1 amide bonds. The Balaban J connectivity index is 1.41. The monoisotopic (exact) mass is 410 g/mol. The number of benzene rings is 1. The van der Waals surface area contributed by atoms with E-state index in [1.165, 1.54) is 7.11 Å². The maximum absolute atomic E-state index is 12.9. The minimum Gasteiger partial charge on any atom is -0.496 e. The average molecular weight is 411 g/mol. The number of ether oxygens (including phenoxy) is 4. The van der Waals surface area contributed by atoms with E-state index < -0.39 is 11.9 Å². The topological polar surface area (TPSA) is 78.8 Å². The van der Waals surface area contributed by atoms with E-state index in [1.807, 2.05) is 0 Å². The van der Waals surface area contributed by atoms with Crippen molar-refractivity contribution < 1.29 is 28.6 Å². The van der Waals surface area contributed by atoms with Crippen molar-refractivity contribution in [1.29, 1.82) is 0 Å². The number of methoxy groups -OCH3 is 2. The first kappa shape index (κ1) is 19.3. The zero-order valence-electron chi connectivity index (χ0n) is 15.9. The molecule has 0 radical (unpaired) electrons. The molecule has 152 valence electrons. The SMILES string of the molecule is COc1cc(OC)c(C2=NO[C@H](C(=O)N3CCC4(CC3)OCCO4)C2)cc1Cl. The van der Waals surface area contributed by atoms with E-state index in [-0.39, 0.29) is 5.91 Å². The van der Waals surface area contributed by atoms with Crippen LogP contribution in [-0.2, 0) is 19.1 Å². The molecule has 2 saturated heterocycles. The van der Waals surface area contributed by atoms with Gasteiger partial charge in [0.15, 0.2) is 5.79 Å². The quantitative estimate of drug-likeness (QED) is 0.757. The molecule has 2 fully saturated rings. The summed E-state index contributed by atoms with van der Waals surface area (Å²) in [6.07, 6.45) is 1.04. The van der Waals surface area contributed by atoms with Crippen LogP contribution in [0.5, 0.6) is 11.5 Å². The summed E-state index contributed by atoms with van der Waals surface area (Å²) in [6.45, 7) is 2.38. The lowest BCUT2D eigenvalue weighted by molar-refractivity contribution is -0.189. The zero-order valence-corrected chi connectivity index (χ0v) is 16.7. The number of carbonyl (C=O) groups excluding carboxylic acids is 1. The van der Waals surface area contributed by atoms with Crippen molar-refractivity contribution in [3.05, 3.63) is 22.7 Å². The van der Waals surface area contributed by atoms with Crippen LogP contribution in [0.2, 0.25) is 5.02 Å². The van der Waals surface area contributed by atoms with Crippen LogP contribution in [0.4, 0.5) is 0 Å². The Kier molecular flexibility index (Phi) is 5.35. The first-order valence-electron chi connectivity index (χ1n) is 9.26. The van der Waals surface area contributed by atoms with Gasteiger partial charge in [-0.1, -0.05) is 16.8 Å². The number of carbonyl (C=O) groups is 1. The number of hydrogen-bond acceptors (Lipinski definition) is 7. The van der Waals surface area contributed by atoms with Crippen LogP contribution in [0.1, 0.15) is 24.8 Å². The number of piperidine rings is 1. The van der Waals surface area contributed by atoms with Gasteiger partial charge in [-0.25, -0.2) is 0 Å². The van der Waals surface area contributed by atoms with E-state index in [0.717, 1.165) is 0 Å². The van der Waals surface area contributed by atoms with Crippen molar-refractivity contribution in [3.63, 3.8) is 0 Å². The highest BCUT2D eigenvalue weighted by Crippen LogP contribution is 2.36. The first-order valence-corrected chi connectivity index (χ1v) is 9.64. The van der Waals surface area contributed by atoms with Crippen LogP contribution in [0.3, 0.4) is 0 Å². The van der Waals surface area contributed by atoms with Gasteiger partial charge in [-0.3, -0.25) is 4.79 Å². The second-order valence-corrected chi connectivity index (χ2v) is 7.36. The van der Waals surface area contributed by atoms with E-state index >= 15 is 0 Å². The van der Waals surface area contributed by atoms with E-state index in [2.05, 4.69) is 5.16 Å². The molecule has 0 bridgehead atoms. The maximum Gasteiger partial charge on any atom is 0.266 e. The molecule has 9 heteroatoms. The number of oxime groups is 1. The molecule has 3 aliphatic rings. The van der Waals surface area contributed by atoms with Gasteiger partial charge in [0.2, 0.25) is 6.10 Å². The van der Waals surface area contributed by atoms with Gasteiger partial charge < -0.3 is 28.7 Å². The molecule has 1 aromatic rings. The first-order chi connectivity index (χ1) is 13.5. The summed E-state index contributed by atoms with van der Waals surface area (Å²) in [6, 6.07) is 3.41. The fraction of sp³-hybridized carbons (Fsp3) is 0.579. The summed E-state index contributed by atoms with van der Waals surface area (Å²) in [7, 11) is 3.09. The van der Waals surface area contributed by atoms with Gasteiger partial charge in [0.1, 0.15) is 11.5 Å². The fourth-order valence-corrected chi connectivity index (χ4v) is 4.05. The average Bonchev–Trinajstić information content (AvgIpc) is 3.38. The van der Waals surface area contributed by atoms with Crippen LogP contribution in [-0.4, -0.2) is 68.9 Å². The minimum absolute atomic E-state index is 0.0785. The van der Waals surface area contributed by atoms with Crippen LogP contribution in [0, 0.1) is 0 Å². The molecule has 1 spiro atoms. The highest BCUT2D eigenvalue weighted by Gasteiger charge is 2.43. The normalized spacial score (nSPS) is 23.5. The zero-order chi connectivity index (χ0) is 19.7. The van der Waals surface area contributed by atoms with Gasteiger partial charge in [0.25, 0.3) is 5.91 Å². The summed E-state index contributed by atoms with van der Waals surface area (Å²) >= 11 is 6.24. The number of rotatable bonds is 4. The van der Waals surface area contributed by atoms with E-state index in [4.69, 9.17) is 35.4 Å². The van der Waals surface area contributed by atoms with Gasteiger partial charge in [-0.05, 0) is 6.07 Å². The molecule has 0 aliphatic carbocycles. The maximum atomic E-state index is 12.9. The number of nitrogens with zero attached hydrogens (tertiary/aromatic N) is 2. The predicted molar refractivity (Wildman–Crippen MR) is 101 cm³/mol. The standard InChI is InChI=1S/C19H23ClN2O6/c1-24-15-11-16(25-2)13(20)9-12(15)14-10-17(28-21-14)18(23)22-5-3-19(4-6-22)26-7-8-27-19/h9,11,17H,3-8,10H2,1-2H3/t17-/m0/s1. The Bertz CT molecular complexity index is 783. The summed E-state index contributed by atoms with van der Waals surface area (Å²) in [5, 5.41) is 4.56. The van der Waals surface area contributed by atoms with Crippen molar-refractivity contribution in [2.45, 2.75) is 31.2 Å². The second kappa shape index (κ2) is 7.77. The van der Waals surface area contributed by atoms with Gasteiger partial charge in [0, 0.05) is 44.0 Å². The fourth-order valence-electron chi connectivity index (χ4n) is 3.81. The van der Waals surface area contributed by atoms with Crippen molar-refractivity contribution in [2.75, 3.05) is 40.5 Å². The highest BCUT2D eigenvalue weighted by atomic mass is 35.5. The molecule has 0 unspecified atom stereocenters. The lowest BCUT2D eigenvalue weighted by Crippen LogP contribution is -2.50. The molecule has 1 atom stereocenters. The molecule has 28 heavy (non-hydrogen) atoms. The number of likely N-dealkylation sites (tertiary alicyclic amines) is 1. The molecular formula is C19H23ClN2O6. The molecule has 0 saturated carbocycles. The predicted octanol–water partition coefficient (Wildman–Crippen LogP) is 2.22. The summed E-state index contributed by atoms with van der Waals surface area (Å²) in [5.41, 5.74) is 1.31. The molecule has 3 aliphatic heterocycles. The van der Waals surface area contributed by atoms with Gasteiger partial charge in [0.05, 0.1) is 38.2 Å². The van der Waals surface area contributed by atoms with Gasteiger partial charge in [-0.15, -0.1) is 0 Å². The molecular weight excluding hydrogens is 388 g/mol. The molecule has 0 N–H and O–H groups in total. The summed E-state index contributed by atoms with van der Waals surface area (Å²) in [4.78, 5) is 20.1. The Morgan fingerprint density at radius 2 is 1.86 bits per heavy atom. The largest absolute Gasteiger partial charge is 0.496 e. The molecule has 8 nitrogen and oxygen atoms in total. The van der Waals surface area contributed by atoms with Crippen molar-refractivity contribution in [3.8, 4) is 11.5 Å².